The number of thioether (sulfide) groups is 1. The molecule has 0 unspecified atom stereocenters. The number of rotatable bonds is 5. The maximum Gasteiger partial charge on any atom is 0.340 e. The summed E-state index contributed by atoms with van der Waals surface area (Å²) in [6.45, 7) is 0. The van der Waals surface area contributed by atoms with Crippen LogP contribution in [0, 0.1) is 0 Å². The highest BCUT2D eigenvalue weighted by atomic mass is 32.2. The molecule has 0 atom stereocenters. The molecule has 1 saturated carbocycles. The summed E-state index contributed by atoms with van der Waals surface area (Å²) in [5, 5.41) is 12.8. The Morgan fingerprint density at radius 3 is 2.70 bits per heavy atom. The lowest BCUT2D eigenvalue weighted by atomic mass is 9.93. The molecule has 0 amide bonds. The summed E-state index contributed by atoms with van der Waals surface area (Å²) in [5.74, 6) is -0.498. The van der Waals surface area contributed by atoms with Gasteiger partial charge >= 0.3 is 5.97 Å². The van der Waals surface area contributed by atoms with Crippen LogP contribution in [0.2, 0.25) is 0 Å². The molecule has 1 aliphatic rings. The van der Waals surface area contributed by atoms with Gasteiger partial charge in [-0.1, -0.05) is 0 Å². The molecule has 1 aliphatic carbocycles. The van der Waals surface area contributed by atoms with Crippen LogP contribution in [0.1, 0.15) is 36.0 Å². The average molecular weight is 297 g/mol. The fraction of sp³-hybridized carbons (Fsp3) is 0.615. The molecule has 6 nitrogen and oxygen atoms in total. The SMILES string of the molecule is COC1CCC(Nc2ncc(C(=O)O)c(SC)n2)CC1. The van der Waals surface area contributed by atoms with Crippen LogP contribution >= 0.6 is 11.8 Å². The molecule has 110 valence electrons. The van der Waals surface area contributed by atoms with Gasteiger partial charge in [-0.05, 0) is 31.9 Å². The second-order valence-corrected chi connectivity index (χ2v) is 5.57. The van der Waals surface area contributed by atoms with Crippen molar-refractivity contribution in [3.8, 4) is 0 Å². The van der Waals surface area contributed by atoms with E-state index in [1.807, 2.05) is 6.26 Å². The minimum Gasteiger partial charge on any atom is -0.478 e. The Balaban J connectivity index is 2.01. The molecule has 0 bridgehead atoms. The number of nitrogens with one attached hydrogen (secondary N) is 1. The van der Waals surface area contributed by atoms with Crippen molar-refractivity contribution in [3.05, 3.63) is 11.8 Å². The standard InChI is InChI=1S/C13H19N3O3S/c1-19-9-5-3-8(4-6-9)15-13-14-7-10(12(17)18)11(16-13)20-2/h7-9H,3-6H2,1-2H3,(H,17,18)(H,14,15,16). The van der Waals surface area contributed by atoms with Crippen molar-refractivity contribution in [1.29, 1.82) is 0 Å². The summed E-state index contributed by atoms with van der Waals surface area (Å²) in [7, 11) is 1.75. The lowest BCUT2D eigenvalue weighted by molar-refractivity contribution is 0.0679. The molecule has 1 aromatic heterocycles. The van der Waals surface area contributed by atoms with Crippen molar-refractivity contribution in [2.24, 2.45) is 0 Å². The van der Waals surface area contributed by atoms with E-state index in [1.54, 1.807) is 7.11 Å². The molecule has 1 heterocycles. The van der Waals surface area contributed by atoms with Gasteiger partial charge in [-0.25, -0.2) is 14.8 Å². The zero-order valence-corrected chi connectivity index (χ0v) is 12.4. The number of aromatic carboxylic acids is 1. The third-order valence-electron chi connectivity index (χ3n) is 3.52. The van der Waals surface area contributed by atoms with Gasteiger partial charge in [0.1, 0.15) is 10.6 Å². The maximum absolute atomic E-state index is 11.0. The largest absolute Gasteiger partial charge is 0.478 e. The molecule has 0 saturated heterocycles. The second-order valence-electron chi connectivity index (χ2n) is 4.78. The lowest BCUT2D eigenvalue weighted by Gasteiger charge is -2.28. The maximum atomic E-state index is 11.0. The van der Waals surface area contributed by atoms with E-state index >= 15 is 0 Å². The third-order valence-corrected chi connectivity index (χ3v) is 4.22. The van der Waals surface area contributed by atoms with E-state index in [0.29, 0.717) is 23.1 Å². The first-order chi connectivity index (χ1) is 9.63. The van der Waals surface area contributed by atoms with E-state index in [4.69, 9.17) is 9.84 Å². The number of methoxy groups -OCH3 is 1. The number of hydrogen-bond acceptors (Lipinski definition) is 6. The number of carboxylic acid groups (broad SMARTS) is 1. The summed E-state index contributed by atoms with van der Waals surface area (Å²) >= 11 is 1.31. The highest BCUT2D eigenvalue weighted by Gasteiger charge is 2.22. The third kappa shape index (κ3) is 3.61. The highest BCUT2D eigenvalue weighted by molar-refractivity contribution is 7.98. The Kier molecular flexibility index (Phi) is 5.19. The number of carboxylic acids is 1. The van der Waals surface area contributed by atoms with E-state index in [1.165, 1.54) is 18.0 Å². The van der Waals surface area contributed by atoms with Crippen molar-refractivity contribution in [2.75, 3.05) is 18.7 Å². The van der Waals surface area contributed by atoms with E-state index in [2.05, 4.69) is 15.3 Å². The van der Waals surface area contributed by atoms with Crippen LogP contribution in [0.4, 0.5) is 5.95 Å². The van der Waals surface area contributed by atoms with Gasteiger partial charge in [0.2, 0.25) is 5.95 Å². The minimum absolute atomic E-state index is 0.145. The first-order valence-corrected chi connectivity index (χ1v) is 7.80. The summed E-state index contributed by atoms with van der Waals surface area (Å²) < 4.78 is 5.34. The van der Waals surface area contributed by atoms with Gasteiger partial charge in [0.15, 0.2) is 0 Å². The first-order valence-electron chi connectivity index (χ1n) is 6.57. The van der Waals surface area contributed by atoms with Crippen molar-refractivity contribution in [3.63, 3.8) is 0 Å². The fourth-order valence-electron chi connectivity index (χ4n) is 2.36. The van der Waals surface area contributed by atoms with Gasteiger partial charge in [0, 0.05) is 19.3 Å². The molecule has 2 N–H and O–H groups in total. The minimum atomic E-state index is -0.999. The predicted molar refractivity (Wildman–Crippen MR) is 77.4 cm³/mol. The molecule has 0 aromatic carbocycles. The summed E-state index contributed by atoms with van der Waals surface area (Å²) in [5.41, 5.74) is 0.145. The summed E-state index contributed by atoms with van der Waals surface area (Å²) in [4.78, 5) is 19.4. The van der Waals surface area contributed by atoms with Crippen molar-refractivity contribution in [2.45, 2.75) is 42.9 Å². The van der Waals surface area contributed by atoms with Gasteiger partial charge in [-0.15, -0.1) is 11.8 Å². The topological polar surface area (TPSA) is 84.3 Å². The monoisotopic (exact) mass is 297 g/mol. The smallest absolute Gasteiger partial charge is 0.340 e. The molecule has 0 radical (unpaired) electrons. The number of anilines is 1. The van der Waals surface area contributed by atoms with Gasteiger partial charge < -0.3 is 15.2 Å². The quantitative estimate of drug-likeness (QED) is 0.637. The van der Waals surface area contributed by atoms with Crippen molar-refractivity contribution < 1.29 is 14.6 Å². The van der Waals surface area contributed by atoms with Crippen LogP contribution in [0.25, 0.3) is 0 Å². The Morgan fingerprint density at radius 1 is 1.45 bits per heavy atom. The first kappa shape index (κ1) is 15.1. The molecule has 0 aliphatic heterocycles. The van der Waals surface area contributed by atoms with Crippen LogP contribution in [0.5, 0.6) is 0 Å². The zero-order chi connectivity index (χ0) is 14.5. The van der Waals surface area contributed by atoms with Crippen molar-refractivity contribution in [1.82, 2.24) is 9.97 Å². The van der Waals surface area contributed by atoms with Crippen LogP contribution in [0.15, 0.2) is 11.2 Å². The normalized spacial score (nSPS) is 22.5. The fourth-order valence-corrected chi connectivity index (χ4v) is 2.90. The number of aromatic nitrogens is 2. The number of ether oxygens (including phenoxy) is 1. The molecule has 1 fully saturated rings. The molecule has 0 spiro atoms. The van der Waals surface area contributed by atoms with Gasteiger partial charge in [-0.3, -0.25) is 0 Å². The van der Waals surface area contributed by atoms with Crippen LogP contribution in [0.3, 0.4) is 0 Å². The molecular weight excluding hydrogens is 278 g/mol. The van der Waals surface area contributed by atoms with Crippen LogP contribution < -0.4 is 5.32 Å². The Hall–Kier alpha value is -1.34. The molecule has 2 rings (SSSR count). The zero-order valence-electron chi connectivity index (χ0n) is 11.6. The Labute approximate surface area is 122 Å². The number of nitrogens with zero attached hydrogens (tertiary/aromatic N) is 2. The summed E-state index contributed by atoms with van der Waals surface area (Å²) in [6.07, 6.45) is 7.60. The molecular formula is C13H19N3O3S. The van der Waals surface area contributed by atoms with E-state index in [0.717, 1.165) is 25.7 Å². The van der Waals surface area contributed by atoms with Gasteiger partial charge in [0.05, 0.1) is 6.10 Å². The molecule has 7 heteroatoms. The molecule has 1 aromatic rings. The molecule has 20 heavy (non-hydrogen) atoms. The van der Waals surface area contributed by atoms with E-state index in [-0.39, 0.29) is 5.56 Å². The van der Waals surface area contributed by atoms with Gasteiger partial charge in [0.25, 0.3) is 0 Å². The lowest BCUT2D eigenvalue weighted by Crippen LogP contribution is -2.30. The summed E-state index contributed by atoms with van der Waals surface area (Å²) in [6, 6.07) is 0.326. The van der Waals surface area contributed by atoms with E-state index in [9.17, 15) is 4.79 Å². The number of carbonyl (C=O) groups is 1. The van der Waals surface area contributed by atoms with E-state index < -0.39 is 5.97 Å². The highest BCUT2D eigenvalue weighted by Crippen LogP contribution is 2.24. The number of hydrogen-bond donors (Lipinski definition) is 2. The van der Waals surface area contributed by atoms with Gasteiger partial charge in [-0.2, -0.15) is 0 Å². The Bertz CT molecular complexity index is 476. The van der Waals surface area contributed by atoms with Crippen LogP contribution in [-0.4, -0.2) is 46.6 Å². The average Bonchev–Trinajstić information content (AvgIpc) is 2.47. The van der Waals surface area contributed by atoms with Crippen molar-refractivity contribution >= 4 is 23.7 Å². The van der Waals surface area contributed by atoms with Crippen LogP contribution in [-0.2, 0) is 4.74 Å². The second kappa shape index (κ2) is 6.90. The Morgan fingerprint density at radius 2 is 2.15 bits per heavy atom. The predicted octanol–water partition coefficient (Wildman–Crippen LogP) is 2.27.